The van der Waals surface area contributed by atoms with Crippen LogP contribution in [0, 0.1) is 0 Å². The minimum atomic E-state index is 0.870. The molecule has 1 rings (SSSR count). The van der Waals surface area contributed by atoms with E-state index in [0.29, 0.717) is 0 Å². The molecule has 0 aliphatic carbocycles. The first-order chi connectivity index (χ1) is 8.89. The second-order valence-electron chi connectivity index (χ2n) is 5.37. The van der Waals surface area contributed by atoms with Crippen molar-refractivity contribution in [2.75, 3.05) is 6.61 Å². The second-order valence-corrected chi connectivity index (χ2v) is 5.37. The molecule has 0 bridgehead atoms. The zero-order chi connectivity index (χ0) is 12.9. The molecular weight excluding hydrogens is 220 g/mol. The van der Waals surface area contributed by atoms with Gasteiger partial charge in [0.25, 0.3) is 0 Å². The first kappa shape index (κ1) is 15.3. The Balaban J connectivity index is 2.17. The van der Waals surface area contributed by atoms with Crippen molar-refractivity contribution in [2.45, 2.75) is 77.0 Å². The molecule has 0 aromatic carbocycles. The third-order valence-corrected chi connectivity index (χ3v) is 3.56. The molecule has 1 aliphatic rings. The minimum absolute atomic E-state index is 0.870. The normalized spacial score (nSPS) is 23.9. The van der Waals surface area contributed by atoms with E-state index in [4.69, 9.17) is 4.74 Å². The van der Waals surface area contributed by atoms with Gasteiger partial charge in [-0.3, -0.25) is 0 Å². The fourth-order valence-corrected chi connectivity index (χ4v) is 2.36. The summed E-state index contributed by atoms with van der Waals surface area (Å²) in [6, 6.07) is 0. The summed E-state index contributed by atoms with van der Waals surface area (Å²) in [4.78, 5) is 0. The van der Waals surface area contributed by atoms with E-state index in [2.05, 4.69) is 18.7 Å². The van der Waals surface area contributed by atoms with Gasteiger partial charge in [0.05, 0.1) is 12.4 Å². The summed E-state index contributed by atoms with van der Waals surface area (Å²) >= 11 is 0. The van der Waals surface area contributed by atoms with Crippen LogP contribution in [0.15, 0.2) is 24.5 Å². The molecule has 1 nitrogen and oxygen atoms in total. The molecule has 104 valence electrons. The Bertz CT molecular complexity index is 208. The topological polar surface area (TPSA) is 9.23 Å². The van der Waals surface area contributed by atoms with Gasteiger partial charge in [-0.05, 0) is 38.5 Å². The molecule has 0 fully saturated rings. The molecular formula is C17H30O. The van der Waals surface area contributed by atoms with Gasteiger partial charge >= 0.3 is 0 Å². The molecule has 0 N–H and O–H groups in total. The third-order valence-electron chi connectivity index (χ3n) is 3.56. The van der Waals surface area contributed by atoms with Gasteiger partial charge in [0.2, 0.25) is 0 Å². The van der Waals surface area contributed by atoms with Crippen molar-refractivity contribution < 1.29 is 4.74 Å². The highest BCUT2D eigenvalue weighted by atomic mass is 16.5. The summed E-state index contributed by atoms with van der Waals surface area (Å²) in [6.07, 6.45) is 20.1. The van der Waals surface area contributed by atoms with E-state index < -0.39 is 0 Å². The van der Waals surface area contributed by atoms with Gasteiger partial charge in [0.15, 0.2) is 0 Å². The Labute approximate surface area is 113 Å². The number of ether oxygens (including phenoxy) is 1. The van der Waals surface area contributed by atoms with Gasteiger partial charge in [-0.2, -0.15) is 0 Å². The molecule has 0 saturated carbocycles. The number of hydrogen-bond acceptors (Lipinski definition) is 1. The van der Waals surface area contributed by atoms with Gasteiger partial charge < -0.3 is 4.74 Å². The van der Waals surface area contributed by atoms with Crippen LogP contribution in [0.1, 0.15) is 77.0 Å². The maximum Gasteiger partial charge on any atom is 0.0888 e. The van der Waals surface area contributed by atoms with Gasteiger partial charge in [-0.1, -0.05) is 50.8 Å². The van der Waals surface area contributed by atoms with Gasteiger partial charge in [0, 0.05) is 6.42 Å². The first-order valence-corrected chi connectivity index (χ1v) is 7.85. The molecule has 0 atom stereocenters. The molecule has 0 radical (unpaired) electrons. The molecule has 1 heterocycles. The van der Waals surface area contributed by atoms with E-state index in [9.17, 15) is 0 Å². The lowest BCUT2D eigenvalue weighted by molar-refractivity contribution is 0.195. The Morgan fingerprint density at radius 2 is 1.28 bits per heavy atom. The molecule has 1 heteroatoms. The van der Waals surface area contributed by atoms with Gasteiger partial charge in [-0.25, -0.2) is 0 Å². The van der Waals surface area contributed by atoms with Crippen LogP contribution in [0.25, 0.3) is 0 Å². The van der Waals surface area contributed by atoms with E-state index in [1.54, 1.807) is 0 Å². The lowest BCUT2D eigenvalue weighted by Gasteiger charge is -2.08. The van der Waals surface area contributed by atoms with Crippen LogP contribution in [0.2, 0.25) is 0 Å². The Hall–Kier alpha value is -0.720. The molecule has 0 amide bonds. The predicted molar refractivity (Wildman–Crippen MR) is 79.6 cm³/mol. The quantitative estimate of drug-likeness (QED) is 0.496. The predicted octanol–water partition coefficient (Wildman–Crippen LogP) is 5.77. The molecule has 0 aromatic heterocycles. The van der Waals surface area contributed by atoms with E-state index in [0.717, 1.165) is 18.8 Å². The molecule has 0 unspecified atom stereocenters. The van der Waals surface area contributed by atoms with Crippen molar-refractivity contribution in [3.05, 3.63) is 24.5 Å². The summed E-state index contributed by atoms with van der Waals surface area (Å²) < 4.78 is 5.66. The number of rotatable bonds is 0. The van der Waals surface area contributed by atoms with Crippen LogP contribution in [0.3, 0.4) is 0 Å². The van der Waals surface area contributed by atoms with E-state index in [1.165, 1.54) is 70.6 Å². The summed E-state index contributed by atoms with van der Waals surface area (Å²) in [6.45, 7) is 4.87. The van der Waals surface area contributed by atoms with Crippen LogP contribution < -0.4 is 0 Å². The maximum absolute atomic E-state index is 5.66. The van der Waals surface area contributed by atoms with Crippen molar-refractivity contribution in [3.8, 4) is 0 Å². The van der Waals surface area contributed by atoms with Gasteiger partial charge in [0.1, 0.15) is 0 Å². The second kappa shape index (κ2) is 11.4. The minimum Gasteiger partial charge on any atom is -0.499 e. The molecule has 0 saturated heterocycles. The smallest absolute Gasteiger partial charge is 0.0888 e. The standard InChI is InChI=1S/C17H30O/c1-17-15-13-11-9-7-5-3-2-4-6-8-10-12-14-16-18-17/h2,4H,1,3,5-16H2/b4-2-. The number of allylic oxidation sites excluding steroid dienone is 3. The van der Waals surface area contributed by atoms with Crippen LogP contribution in [0.4, 0.5) is 0 Å². The monoisotopic (exact) mass is 250 g/mol. The fraction of sp³-hybridized carbons (Fsp3) is 0.765. The van der Waals surface area contributed by atoms with Crippen molar-refractivity contribution in [2.24, 2.45) is 0 Å². The van der Waals surface area contributed by atoms with Crippen molar-refractivity contribution in [1.82, 2.24) is 0 Å². The van der Waals surface area contributed by atoms with Crippen molar-refractivity contribution in [1.29, 1.82) is 0 Å². The Morgan fingerprint density at radius 1 is 0.722 bits per heavy atom. The Morgan fingerprint density at radius 3 is 2.00 bits per heavy atom. The highest BCUT2D eigenvalue weighted by molar-refractivity contribution is 4.83. The van der Waals surface area contributed by atoms with Crippen LogP contribution in [0.5, 0.6) is 0 Å². The summed E-state index contributed by atoms with van der Waals surface area (Å²) in [5, 5.41) is 0. The summed E-state index contributed by atoms with van der Waals surface area (Å²) in [5.74, 6) is 1.00. The lowest BCUT2D eigenvalue weighted by Crippen LogP contribution is -1.94. The SMILES string of the molecule is C=C1CCCCCCC/C=C\CCCCCCO1. The van der Waals surface area contributed by atoms with Crippen LogP contribution in [-0.4, -0.2) is 6.61 Å². The molecule has 0 spiro atoms. The van der Waals surface area contributed by atoms with E-state index in [1.807, 2.05) is 0 Å². The molecule has 1 aliphatic heterocycles. The van der Waals surface area contributed by atoms with Crippen LogP contribution in [-0.2, 0) is 4.74 Å². The zero-order valence-corrected chi connectivity index (χ0v) is 12.0. The number of hydrogen-bond donors (Lipinski definition) is 0. The van der Waals surface area contributed by atoms with Crippen molar-refractivity contribution >= 4 is 0 Å². The zero-order valence-electron chi connectivity index (χ0n) is 12.0. The summed E-state index contributed by atoms with van der Waals surface area (Å²) in [7, 11) is 0. The van der Waals surface area contributed by atoms with Crippen LogP contribution >= 0.6 is 0 Å². The average molecular weight is 250 g/mol. The lowest BCUT2D eigenvalue weighted by atomic mass is 10.1. The highest BCUT2D eigenvalue weighted by Crippen LogP contribution is 2.13. The average Bonchev–Trinajstić information content (AvgIpc) is 2.37. The van der Waals surface area contributed by atoms with E-state index in [-0.39, 0.29) is 0 Å². The van der Waals surface area contributed by atoms with Crippen molar-refractivity contribution in [3.63, 3.8) is 0 Å². The third kappa shape index (κ3) is 9.32. The first-order valence-electron chi connectivity index (χ1n) is 7.85. The maximum atomic E-state index is 5.66. The molecule has 18 heavy (non-hydrogen) atoms. The fourth-order valence-electron chi connectivity index (χ4n) is 2.36. The largest absolute Gasteiger partial charge is 0.499 e. The van der Waals surface area contributed by atoms with E-state index >= 15 is 0 Å². The highest BCUT2D eigenvalue weighted by Gasteiger charge is 1.97. The molecule has 0 aromatic rings. The summed E-state index contributed by atoms with van der Waals surface area (Å²) in [5.41, 5.74) is 0. The Kier molecular flexibility index (Phi) is 9.69. The van der Waals surface area contributed by atoms with Gasteiger partial charge in [-0.15, -0.1) is 0 Å².